The van der Waals surface area contributed by atoms with Gasteiger partial charge in [-0.1, -0.05) is 23.7 Å². The summed E-state index contributed by atoms with van der Waals surface area (Å²) in [5.74, 6) is 0. The number of hydrogen-bond donors (Lipinski definition) is 0. The molecule has 0 saturated heterocycles. The molecule has 0 atom stereocenters. The van der Waals surface area contributed by atoms with Crippen molar-refractivity contribution in [2.45, 2.75) is 12.4 Å². The predicted molar refractivity (Wildman–Crippen MR) is 88.7 cm³/mol. The van der Waals surface area contributed by atoms with Crippen LogP contribution in [0.3, 0.4) is 0 Å². The fourth-order valence-electron chi connectivity index (χ4n) is 2.82. The lowest BCUT2D eigenvalue weighted by Gasteiger charge is -2.10. The van der Waals surface area contributed by atoms with Crippen molar-refractivity contribution in [3.63, 3.8) is 0 Å². The zero-order chi connectivity index (χ0) is 20.3. The maximum Gasteiger partial charge on any atom is 0.433 e. The van der Waals surface area contributed by atoms with Gasteiger partial charge in [0.05, 0.1) is 16.6 Å². The number of hydrogen-bond acceptors (Lipinski definition) is 3. The smallest absolute Gasteiger partial charge is 0.236 e. The summed E-state index contributed by atoms with van der Waals surface area (Å²) in [6, 6.07) is 7.21. The lowest BCUT2D eigenvalue weighted by atomic mass is 10.1. The van der Waals surface area contributed by atoms with Gasteiger partial charge in [0.25, 0.3) is 0 Å². The Labute approximate surface area is 157 Å². The van der Waals surface area contributed by atoms with E-state index in [2.05, 4.69) is 15.1 Å². The molecule has 4 nitrogen and oxygen atoms in total. The summed E-state index contributed by atoms with van der Waals surface area (Å²) in [6.45, 7) is 0. The molecule has 3 heterocycles. The Morgan fingerprint density at radius 1 is 0.893 bits per heavy atom. The number of rotatable bonds is 1. The van der Waals surface area contributed by atoms with Crippen molar-refractivity contribution in [1.82, 2.24) is 19.6 Å². The number of halogens is 7. The first-order valence-corrected chi connectivity index (χ1v) is 8.02. The van der Waals surface area contributed by atoms with Crippen molar-refractivity contribution in [3.05, 3.63) is 58.9 Å². The van der Waals surface area contributed by atoms with E-state index >= 15 is 0 Å². The van der Waals surface area contributed by atoms with E-state index in [9.17, 15) is 26.3 Å². The molecule has 0 aliphatic heterocycles. The molecule has 0 bridgehead atoms. The predicted octanol–water partition coefficient (Wildman–Crippen LogP) is 5.64. The number of aromatic nitrogens is 4. The van der Waals surface area contributed by atoms with Gasteiger partial charge in [-0.2, -0.15) is 26.3 Å². The van der Waals surface area contributed by atoms with Crippen molar-refractivity contribution >= 4 is 28.3 Å². The van der Waals surface area contributed by atoms with E-state index in [1.807, 2.05) is 0 Å². The van der Waals surface area contributed by atoms with Crippen LogP contribution in [-0.2, 0) is 12.4 Å². The van der Waals surface area contributed by atoms with Gasteiger partial charge in [0.15, 0.2) is 11.3 Å². The van der Waals surface area contributed by atoms with Gasteiger partial charge in [-0.25, -0.2) is 14.5 Å². The second-order valence-electron chi connectivity index (χ2n) is 5.82. The molecule has 4 aromatic rings. The second kappa shape index (κ2) is 6.06. The molecule has 28 heavy (non-hydrogen) atoms. The molecule has 0 unspecified atom stereocenters. The van der Waals surface area contributed by atoms with Crippen LogP contribution in [0.15, 0.2) is 42.6 Å². The first kappa shape index (κ1) is 18.5. The molecule has 0 aliphatic carbocycles. The molecule has 0 N–H and O–H groups in total. The van der Waals surface area contributed by atoms with Crippen LogP contribution >= 0.6 is 11.6 Å². The molecule has 0 radical (unpaired) electrons. The normalized spacial score (nSPS) is 12.8. The van der Waals surface area contributed by atoms with Crippen LogP contribution in [0.5, 0.6) is 0 Å². The van der Waals surface area contributed by atoms with E-state index in [0.29, 0.717) is 21.2 Å². The highest BCUT2D eigenvalue weighted by atomic mass is 35.5. The molecule has 0 aliphatic rings. The Morgan fingerprint density at radius 2 is 1.57 bits per heavy atom. The van der Waals surface area contributed by atoms with Crippen molar-refractivity contribution in [3.8, 4) is 11.3 Å². The topological polar surface area (TPSA) is 43.1 Å². The van der Waals surface area contributed by atoms with Gasteiger partial charge < -0.3 is 0 Å². The highest BCUT2D eigenvalue weighted by molar-refractivity contribution is 6.30. The van der Waals surface area contributed by atoms with E-state index in [1.165, 1.54) is 24.3 Å². The third-order valence-electron chi connectivity index (χ3n) is 4.01. The molecule has 144 valence electrons. The molecule has 0 saturated carbocycles. The van der Waals surface area contributed by atoms with Crippen molar-refractivity contribution in [2.24, 2.45) is 0 Å². The molecule has 0 amide bonds. The summed E-state index contributed by atoms with van der Waals surface area (Å²) < 4.78 is 81.0. The maximum atomic E-state index is 13.7. The summed E-state index contributed by atoms with van der Waals surface area (Å²) in [6.07, 6.45) is -8.91. The number of pyridine rings is 1. The quantitative estimate of drug-likeness (QED) is 0.377. The fraction of sp³-hybridized carbons (Fsp3) is 0.118. The summed E-state index contributed by atoms with van der Waals surface area (Å²) in [4.78, 5) is 7.70. The lowest BCUT2D eigenvalue weighted by molar-refractivity contribution is -0.142. The fourth-order valence-corrected chi connectivity index (χ4v) is 2.94. The van der Waals surface area contributed by atoms with Crippen LogP contribution < -0.4 is 0 Å². The Hall–Kier alpha value is -2.88. The SMILES string of the molecule is FC(F)(F)c1cc(-c2ccc(Cl)cc2)nc2nn3c(C(F)(F)F)ccnc3c12. The molecule has 11 heteroatoms. The molecule has 4 rings (SSSR count). The molecular weight excluding hydrogens is 410 g/mol. The average molecular weight is 417 g/mol. The first-order valence-electron chi connectivity index (χ1n) is 7.64. The molecule has 0 fully saturated rings. The van der Waals surface area contributed by atoms with Crippen LogP contribution in [0, 0.1) is 0 Å². The summed E-state index contributed by atoms with van der Waals surface area (Å²) >= 11 is 5.78. The Kier molecular flexibility index (Phi) is 4.00. The largest absolute Gasteiger partial charge is 0.433 e. The monoisotopic (exact) mass is 416 g/mol. The van der Waals surface area contributed by atoms with Crippen molar-refractivity contribution in [1.29, 1.82) is 0 Å². The summed E-state index contributed by atoms with van der Waals surface area (Å²) in [5.41, 5.74) is -3.30. The average Bonchev–Trinajstić information content (AvgIpc) is 2.98. The van der Waals surface area contributed by atoms with Crippen LogP contribution in [-0.4, -0.2) is 19.6 Å². The van der Waals surface area contributed by atoms with E-state index in [0.717, 1.165) is 12.3 Å². The zero-order valence-electron chi connectivity index (χ0n) is 13.5. The van der Waals surface area contributed by atoms with Crippen LogP contribution in [0.2, 0.25) is 5.02 Å². The van der Waals surface area contributed by atoms with Crippen molar-refractivity contribution < 1.29 is 26.3 Å². The molecular formula is C17H7ClF6N4. The third kappa shape index (κ3) is 3.03. The van der Waals surface area contributed by atoms with Gasteiger partial charge >= 0.3 is 12.4 Å². The van der Waals surface area contributed by atoms with Gasteiger partial charge in [-0.05, 0) is 24.3 Å². The highest BCUT2D eigenvalue weighted by Crippen LogP contribution is 2.39. The first-order chi connectivity index (χ1) is 13.1. The highest BCUT2D eigenvalue weighted by Gasteiger charge is 2.38. The lowest BCUT2D eigenvalue weighted by Crippen LogP contribution is -2.12. The Bertz CT molecular complexity index is 1190. The van der Waals surface area contributed by atoms with Gasteiger partial charge in [0.1, 0.15) is 5.69 Å². The van der Waals surface area contributed by atoms with E-state index in [4.69, 9.17) is 11.6 Å². The minimum atomic E-state index is -4.86. The van der Waals surface area contributed by atoms with Crippen molar-refractivity contribution in [2.75, 3.05) is 0 Å². The Morgan fingerprint density at radius 3 is 2.18 bits per heavy atom. The van der Waals surface area contributed by atoms with Crippen LogP contribution in [0.25, 0.3) is 27.9 Å². The number of nitrogens with zero attached hydrogens (tertiary/aromatic N) is 4. The van der Waals surface area contributed by atoms with Gasteiger partial charge in [-0.3, -0.25) is 0 Å². The Balaban J connectivity index is 2.10. The molecule has 0 spiro atoms. The van der Waals surface area contributed by atoms with Gasteiger partial charge in [0, 0.05) is 16.8 Å². The minimum Gasteiger partial charge on any atom is -0.236 e. The summed E-state index contributed by atoms with van der Waals surface area (Å²) in [7, 11) is 0. The maximum absolute atomic E-state index is 13.7. The third-order valence-corrected chi connectivity index (χ3v) is 4.26. The second-order valence-corrected chi connectivity index (χ2v) is 6.26. The number of benzene rings is 1. The number of alkyl halides is 6. The zero-order valence-corrected chi connectivity index (χ0v) is 14.2. The van der Waals surface area contributed by atoms with E-state index in [-0.39, 0.29) is 5.69 Å². The van der Waals surface area contributed by atoms with Crippen LogP contribution in [0.1, 0.15) is 11.3 Å². The van der Waals surface area contributed by atoms with Gasteiger partial charge in [0.2, 0.25) is 0 Å². The molecule has 1 aromatic carbocycles. The van der Waals surface area contributed by atoms with Gasteiger partial charge in [-0.15, -0.1) is 5.10 Å². The standard InChI is InChI=1S/C17H7ClF6N4/c18-9-3-1-8(2-4-9)11-7-10(16(19,20)21)13-14(26-11)27-28-12(17(22,23)24)5-6-25-15(13)28/h1-7H. The van der Waals surface area contributed by atoms with E-state index in [1.54, 1.807) is 0 Å². The molecule has 3 aromatic heterocycles. The summed E-state index contributed by atoms with van der Waals surface area (Å²) in [5, 5.41) is 3.42. The number of fused-ring (bicyclic) bond motifs is 3. The van der Waals surface area contributed by atoms with E-state index < -0.39 is 40.3 Å². The van der Waals surface area contributed by atoms with Crippen LogP contribution in [0.4, 0.5) is 26.3 Å². The minimum absolute atomic E-state index is 0.103.